The van der Waals surface area contributed by atoms with Crippen molar-refractivity contribution in [3.63, 3.8) is 0 Å². The third-order valence-electron chi connectivity index (χ3n) is 4.82. The number of hydrogen-bond donors (Lipinski definition) is 2. The molecule has 0 bridgehead atoms. The number of anilines is 2. The number of nitrogens with zero attached hydrogens (tertiary/aromatic N) is 4. The minimum atomic E-state index is -0.514. The topological polar surface area (TPSA) is 107 Å². The second-order valence-corrected chi connectivity index (χ2v) is 8.15. The van der Waals surface area contributed by atoms with Crippen LogP contribution >= 0.6 is 0 Å². The highest BCUT2D eigenvalue weighted by atomic mass is 16.5. The molecule has 0 unspecified atom stereocenters. The maximum atomic E-state index is 12.7. The Kier molecular flexibility index (Phi) is 5.17. The highest BCUT2D eigenvalue weighted by Crippen LogP contribution is 2.27. The molecule has 8 heteroatoms. The van der Waals surface area contributed by atoms with Crippen LogP contribution in [0.25, 0.3) is 16.9 Å². The van der Waals surface area contributed by atoms with Crippen molar-refractivity contribution in [1.82, 2.24) is 19.9 Å². The molecule has 0 saturated carbocycles. The smallest absolute Gasteiger partial charge is 0.171 e. The van der Waals surface area contributed by atoms with E-state index in [2.05, 4.69) is 26.3 Å². The normalized spacial score (nSPS) is 13.9. The Morgan fingerprint density at radius 2 is 2.10 bits per heavy atom. The Hall–Kier alpha value is -4.12. The third-order valence-corrected chi connectivity index (χ3v) is 4.82. The number of carbonyl (C=O) groups excluding carboxylic acids is 1. The van der Waals surface area contributed by atoms with Gasteiger partial charge in [-0.1, -0.05) is 32.9 Å². The van der Waals surface area contributed by atoms with Crippen LogP contribution in [0, 0.1) is 16.7 Å². The molecule has 31 heavy (non-hydrogen) atoms. The van der Waals surface area contributed by atoms with Crippen LogP contribution in [0.5, 0.6) is 0 Å². The molecular weight excluding hydrogens is 392 g/mol. The fourth-order valence-corrected chi connectivity index (χ4v) is 3.23. The molecule has 0 fully saturated rings. The molecule has 0 spiro atoms. The number of fused-ring (bicyclic) bond motifs is 1. The maximum absolute atomic E-state index is 12.7. The molecule has 2 N–H and O–H groups in total. The van der Waals surface area contributed by atoms with Gasteiger partial charge in [-0.05, 0) is 17.7 Å². The van der Waals surface area contributed by atoms with E-state index in [1.54, 1.807) is 24.9 Å². The quantitative estimate of drug-likeness (QED) is 0.466. The summed E-state index contributed by atoms with van der Waals surface area (Å²) in [4.78, 5) is 26.6. The number of aromatic amines is 1. The van der Waals surface area contributed by atoms with Crippen LogP contribution in [0.2, 0.25) is 0 Å². The van der Waals surface area contributed by atoms with Crippen LogP contribution in [0.4, 0.5) is 11.5 Å². The van der Waals surface area contributed by atoms with E-state index in [0.29, 0.717) is 29.3 Å². The van der Waals surface area contributed by atoms with Gasteiger partial charge in [0.1, 0.15) is 17.6 Å². The average Bonchev–Trinajstić information content (AvgIpc) is 3.41. The molecule has 2 aromatic heterocycles. The predicted molar refractivity (Wildman–Crippen MR) is 118 cm³/mol. The lowest BCUT2D eigenvalue weighted by molar-refractivity contribution is 0.0860. The van der Waals surface area contributed by atoms with Gasteiger partial charge in [0.2, 0.25) is 0 Å². The molecule has 0 amide bonds. The standard InChI is InChI=1S/C23H22N6O2/c1-23(2,3)21(30)17-12-25-22-20(17)28-19(13-26-22)27-16-6-4-15(5-7-16)18(8-9-24)29-10-11-31-14-29/h4-8,10-13H,14H2,1-3H3,(H,25,26)(H,27,28). The van der Waals surface area contributed by atoms with E-state index < -0.39 is 5.41 Å². The van der Waals surface area contributed by atoms with Gasteiger partial charge in [-0.2, -0.15) is 5.26 Å². The number of allylic oxidation sites excluding steroid dienone is 1. The largest absolute Gasteiger partial charge is 0.479 e. The molecule has 3 heterocycles. The second-order valence-electron chi connectivity index (χ2n) is 8.15. The number of ketones is 1. The Morgan fingerprint density at radius 1 is 1.32 bits per heavy atom. The van der Waals surface area contributed by atoms with Crippen molar-refractivity contribution in [1.29, 1.82) is 5.26 Å². The molecular formula is C23H22N6O2. The highest BCUT2D eigenvalue weighted by Gasteiger charge is 2.26. The fraction of sp³-hybridized carbons (Fsp3) is 0.217. The number of aromatic nitrogens is 3. The van der Waals surface area contributed by atoms with Crippen molar-refractivity contribution in [3.8, 4) is 6.07 Å². The van der Waals surface area contributed by atoms with Crippen molar-refractivity contribution < 1.29 is 9.53 Å². The average molecular weight is 414 g/mol. The van der Waals surface area contributed by atoms with E-state index >= 15 is 0 Å². The zero-order valence-electron chi connectivity index (χ0n) is 17.5. The van der Waals surface area contributed by atoms with E-state index in [-0.39, 0.29) is 5.78 Å². The summed E-state index contributed by atoms with van der Waals surface area (Å²) in [5, 5.41) is 12.3. The van der Waals surface area contributed by atoms with Gasteiger partial charge < -0.3 is 19.9 Å². The molecule has 3 aromatic rings. The van der Waals surface area contributed by atoms with E-state index in [1.165, 1.54) is 6.08 Å². The summed E-state index contributed by atoms with van der Waals surface area (Å²) in [6.07, 6.45) is 8.14. The van der Waals surface area contributed by atoms with Crippen LogP contribution in [0.15, 0.2) is 55.2 Å². The van der Waals surface area contributed by atoms with Gasteiger partial charge in [0.05, 0.1) is 23.5 Å². The lowest BCUT2D eigenvalue weighted by Crippen LogP contribution is -2.20. The van der Waals surface area contributed by atoms with E-state index in [4.69, 9.17) is 10.00 Å². The highest BCUT2D eigenvalue weighted by molar-refractivity contribution is 6.08. The van der Waals surface area contributed by atoms with Crippen LogP contribution in [-0.2, 0) is 4.74 Å². The van der Waals surface area contributed by atoms with Gasteiger partial charge in [-0.15, -0.1) is 0 Å². The number of benzene rings is 1. The van der Waals surface area contributed by atoms with Crippen LogP contribution in [0.3, 0.4) is 0 Å². The van der Waals surface area contributed by atoms with Gasteiger partial charge >= 0.3 is 0 Å². The zero-order chi connectivity index (χ0) is 22.0. The van der Waals surface area contributed by atoms with Gasteiger partial charge in [-0.25, -0.2) is 9.97 Å². The lowest BCUT2D eigenvalue weighted by Gasteiger charge is -2.18. The predicted octanol–water partition coefficient (Wildman–Crippen LogP) is 4.56. The molecule has 4 rings (SSSR count). The van der Waals surface area contributed by atoms with Gasteiger partial charge in [-0.3, -0.25) is 4.79 Å². The van der Waals surface area contributed by atoms with Crippen molar-refractivity contribution in [2.24, 2.45) is 5.41 Å². The summed E-state index contributed by atoms with van der Waals surface area (Å²) in [5.74, 6) is 0.540. The van der Waals surface area contributed by atoms with E-state index in [9.17, 15) is 4.79 Å². The Bertz CT molecular complexity index is 1230. The first-order chi connectivity index (χ1) is 14.9. The molecule has 0 saturated heterocycles. The molecule has 8 nitrogen and oxygen atoms in total. The number of hydrogen-bond acceptors (Lipinski definition) is 7. The van der Waals surface area contributed by atoms with Crippen LogP contribution in [-0.4, -0.2) is 32.4 Å². The molecule has 0 radical (unpaired) electrons. The SMILES string of the molecule is CC(C)(C)C(=O)c1c[nH]c2ncc(Nc3ccc(C(=CC#N)N4C=COC4)cc3)nc12. The number of carbonyl (C=O) groups is 1. The minimum Gasteiger partial charge on any atom is -0.479 e. The molecule has 0 aliphatic carbocycles. The number of ether oxygens (including phenoxy) is 1. The van der Waals surface area contributed by atoms with Crippen LogP contribution < -0.4 is 5.32 Å². The number of rotatable bonds is 5. The Labute approximate surface area is 179 Å². The first-order valence-corrected chi connectivity index (χ1v) is 9.78. The van der Waals surface area contributed by atoms with Gasteiger partial charge in [0, 0.05) is 29.6 Å². The number of H-pyrrole nitrogens is 1. The summed E-state index contributed by atoms with van der Waals surface area (Å²) < 4.78 is 5.23. The summed E-state index contributed by atoms with van der Waals surface area (Å²) in [6.45, 7) is 6.01. The van der Waals surface area contributed by atoms with Crippen molar-refractivity contribution in [3.05, 3.63) is 66.3 Å². The second kappa shape index (κ2) is 7.95. The van der Waals surface area contributed by atoms with Crippen molar-refractivity contribution in [2.75, 3.05) is 12.0 Å². The molecule has 1 aromatic carbocycles. The molecule has 0 atom stereocenters. The van der Waals surface area contributed by atoms with Gasteiger partial charge in [0.15, 0.2) is 18.2 Å². The Balaban J connectivity index is 1.58. The summed E-state index contributed by atoms with van der Waals surface area (Å²) in [6, 6.07) is 9.69. The number of nitriles is 1. The number of Topliss-reactive ketones (excluding diaryl/α,β-unsaturated/α-hetero) is 1. The lowest BCUT2D eigenvalue weighted by atomic mass is 9.87. The molecule has 1 aliphatic heterocycles. The van der Waals surface area contributed by atoms with Crippen molar-refractivity contribution >= 4 is 34.1 Å². The number of nitrogens with one attached hydrogen (secondary N) is 2. The first kappa shape index (κ1) is 20.2. The fourth-order valence-electron chi connectivity index (χ4n) is 3.23. The monoisotopic (exact) mass is 414 g/mol. The van der Waals surface area contributed by atoms with E-state index in [1.807, 2.05) is 49.9 Å². The van der Waals surface area contributed by atoms with E-state index in [0.717, 1.165) is 16.9 Å². The Morgan fingerprint density at radius 3 is 2.74 bits per heavy atom. The van der Waals surface area contributed by atoms with Crippen LogP contribution in [0.1, 0.15) is 36.7 Å². The molecule has 1 aliphatic rings. The van der Waals surface area contributed by atoms with Crippen molar-refractivity contribution in [2.45, 2.75) is 20.8 Å². The minimum absolute atomic E-state index is 0.00584. The third kappa shape index (κ3) is 4.12. The summed E-state index contributed by atoms with van der Waals surface area (Å²) in [5.41, 5.74) is 3.57. The zero-order valence-corrected chi connectivity index (χ0v) is 17.5. The molecule has 156 valence electrons. The first-order valence-electron chi connectivity index (χ1n) is 9.78. The van der Waals surface area contributed by atoms with Gasteiger partial charge in [0.25, 0.3) is 0 Å². The maximum Gasteiger partial charge on any atom is 0.171 e. The summed E-state index contributed by atoms with van der Waals surface area (Å²) in [7, 11) is 0. The summed E-state index contributed by atoms with van der Waals surface area (Å²) >= 11 is 0.